The summed E-state index contributed by atoms with van der Waals surface area (Å²) in [5, 5.41) is 12.5. The van der Waals surface area contributed by atoms with Crippen molar-refractivity contribution in [1.29, 1.82) is 5.26 Å². The fraction of sp³-hybridized carbons (Fsp3) is 0.455. The normalized spacial score (nSPS) is 19.5. The van der Waals surface area contributed by atoms with E-state index in [9.17, 15) is 10.1 Å². The number of hydrogen-bond donors (Lipinski definition) is 1. The summed E-state index contributed by atoms with van der Waals surface area (Å²) in [4.78, 5) is 12.5. The maximum Gasteiger partial charge on any atom is 0.262 e. The van der Waals surface area contributed by atoms with Gasteiger partial charge in [0.05, 0.1) is 6.61 Å². The summed E-state index contributed by atoms with van der Waals surface area (Å²) in [6.45, 7) is 4.61. The first-order valence-corrected chi connectivity index (χ1v) is 9.34. The Morgan fingerprint density at radius 2 is 2.11 bits per heavy atom. The SMILES string of the molecule is C#CCOc1ccc(/C=C(\C#N)C(=O)N[C@@H]2CCCC[C@@H]2C)cc1OCC. The largest absolute Gasteiger partial charge is 0.490 e. The van der Waals surface area contributed by atoms with Crippen molar-refractivity contribution < 1.29 is 14.3 Å². The molecule has 0 unspecified atom stereocenters. The number of ether oxygens (including phenoxy) is 2. The van der Waals surface area contributed by atoms with Gasteiger partial charge in [0.25, 0.3) is 5.91 Å². The summed E-state index contributed by atoms with van der Waals surface area (Å²) in [6.07, 6.45) is 11.2. The molecule has 0 saturated heterocycles. The quantitative estimate of drug-likeness (QED) is 0.454. The lowest BCUT2D eigenvalue weighted by atomic mass is 9.86. The maximum absolute atomic E-state index is 12.5. The van der Waals surface area contributed by atoms with Crippen molar-refractivity contribution in [3.05, 3.63) is 29.3 Å². The molecular weight excluding hydrogens is 340 g/mol. The zero-order valence-electron chi connectivity index (χ0n) is 16.0. The summed E-state index contributed by atoms with van der Waals surface area (Å²) >= 11 is 0. The second-order valence-corrected chi connectivity index (χ2v) is 6.64. The lowest BCUT2D eigenvalue weighted by Crippen LogP contribution is -2.41. The van der Waals surface area contributed by atoms with Crippen molar-refractivity contribution in [3.63, 3.8) is 0 Å². The number of nitriles is 1. The molecule has 0 aliphatic heterocycles. The summed E-state index contributed by atoms with van der Waals surface area (Å²) in [6, 6.07) is 7.36. The molecule has 0 spiro atoms. The Labute approximate surface area is 161 Å². The highest BCUT2D eigenvalue weighted by Gasteiger charge is 2.24. The lowest BCUT2D eigenvalue weighted by molar-refractivity contribution is -0.118. The Bertz CT molecular complexity index is 771. The molecule has 1 aromatic rings. The number of nitrogens with one attached hydrogen (secondary N) is 1. The summed E-state index contributed by atoms with van der Waals surface area (Å²) in [5.74, 6) is 3.57. The molecule has 5 nitrogen and oxygen atoms in total. The molecule has 1 aromatic carbocycles. The van der Waals surface area contributed by atoms with Gasteiger partial charge in [-0.25, -0.2) is 0 Å². The predicted octanol–water partition coefficient (Wildman–Crippen LogP) is 3.70. The van der Waals surface area contributed by atoms with Gasteiger partial charge in [-0.1, -0.05) is 31.8 Å². The highest BCUT2D eigenvalue weighted by atomic mass is 16.5. The molecular formula is C22H26N2O3. The Hall–Kier alpha value is -2.92. The van der Waals surface area contributed by atoms with Crippen LogP contribution in [-0.4, -0.2) is 25.2 Å². The molecule has 1 saturated carbocycles. The van der Waals surface area contributed by atoms with Gasteiger partial charge >= 0.3 is 0 Å². The van der Waals surface area contributed by atoms with Crippen LogP contribution in [0.1, 0.15) is 45.1 Å². The zero-order valence-corrected chi connectivity index (χ0v) is 16.0. The van der Waals surface area contributed by atoms with Crippen molar-refractivity contribution in [3.8, 4) is 29.9 Å². The van der Waals surface area contributed by atoms with E-state index in [0.29, 0.717) is 29.6 Å². The summed E-state index contributed by atoms with van der Waals surface area (Å²) in [5.41, 5.74) is 0.766. The molecule has 27 heavy (non-hydrogen) atoms. The maximum atomic E-state index is 12.5. The van der Waals surface area contributed by atoms with E-state index in [1.54, 1.807) is 24.3 Å². The molecule has 0 heterocycles. The Morgan fingerprint density at radius 3 is 2.78 bits per heavy atom. The highest BCUT2D eigenvalue weighted by Crippen LogP contribution is 2.29. The molecule has 0 aromatic heterocycles. The minimum Gasteiger partial charge on any atom is -0.490 e. The first kappa shape index (κ1) is 20.4. The van der Waals surface area contributed by atoms with Crippen LogP contribution in [-0.2, 0) is 4.79 Å². The fourth-order valence-corrected chi connectivity index (χ4v) is 3.21. The van der Waals surface area contributed by atoms with E-state index in [1.807, 2.05) is 13.0 Å². The molecule has 1 fully saturated rings. The van der Waals surface area contributed by atoms with Crippen LogP contribution >= 0.6 is 0 Å². The number of amides is 1. The van der Waals surface area contributed by atoms with Gasteiger partial charge in [-0.15, -0.1) is 6.42 Å². The fourth-order valence-electron chi connectivity index (χ4n) is 3.21. The summed E-state index contributed by atoms with van der Waals surface area (Å²) < 4.78 is 11.0. The van der Waals surface area contributed by atoms with E-state index in [0.717, 1.165) is 19.3 Å². The summed E-state index contributed by atoms with van der Waals surface area (Å²) in [7, 11) is 0. The second-order valence-electron chi connectivity index (χ2n) is 6.64. The van der Waals surface area contributed by atoms with E-state index in [2.05, 4.69) is 18.2 Å². The van der Waals surface area contributed by atoms with Crippen molar-refractivity contribution in [2.24, 2.45) is 5.92 Å². The number of rotatable bonds is 7. The van der Waals surface area contributed by atoms with Gasteiger partial charge in [-0.3, -0.25) is 4.79 Å². The van der Waals surface area contributed by atoms with Gasteiger partial charge < -0.3 is 14.8 Å². The Balaban J connectivity index is 2.18. The molecule has 1 aliphatic rings. The van der Waals surface area contributed by atoms with Gasteiger partial charge in [-0.05, 0) is 49.5 Å². The average Bonchev–Trinajstić information content (AvgIpc) is 2.67. The minimum absolute atomic E-state index is 0.0764. The predicted molar refractivity (Wildman–Crippen MR) is 105 cm³/mol. The number of carbonyl (C=O) groups excluding carboxylic acids is 1. The van der Waals surface area contributed by atoms with E-state index in [4.69, 9.17) is 15.9 Å². The molecule has 2 rings (SSSR count). The van der Waals surface area contributed by atoms with Crippen molar-refractivity contribution in [1.82, 2.24) is 5.32 Å². The van der Waals surface area contributed by atoms with Gasteiger partial charge in [0.1, 0.15) is 18.2 Å². The third-order valence-electron chi connectivity index (χ3n) is 4.68. The van der Waals surface area contributed by atoms with Crippen molar-refractivity contribution in [2.75, 3.05) is 13.2 Å². The average molecular weight is 366 g/mol. The van der Waals surface area contributed by atoms with Gasteiger partial charge in [0.2, 0.25) is 0 Å². The number of benzene rings is 1. The molecule has 2 atom stereocenters. The van der Waals surface area contributed by atoms with Crippen LogP contribution in [0.4, 0.5) is 0 Å². The third kappa shape index (κ3) is 5.79. The Morgan fingerprint density at radius 1 is 1.33 bits per heavy atom. The van der Waals surface area contributed by atoms with Crippen LogP contribution in [0.15, 0.2) is 23.8 Å². The number of carbonyl (C=O) groups is 1. The van der Waals surface area contributed by atoms with E-state index >= 15 is 0 Å². The van der Waals surface area contributed by atoms with E-state index in [1.165, 1.54) is 6.42 Å². The Kier molecular flexibility index (Phi) is 7.77. The second kappa shape index (κ2) is 10.3. The smallest absolute Gasteiger partial charge is 0.262 e. The zero-order chi connectivity index (χ0) is 19.6. The third-order valence-corrected chi connectivity index (χ3v) is 4.68. The number of nitrogens with zero attached hydrogens (tertiary/aromatic N) is 1. The molecule has 0 radical (unpaired) electrons. The molecule has 1 N–H and O–H groups in total. The number of hydrogen-bond acceptors (Lipinski definition) is 4. The highest BCUT2D eigenvalue weighted by molar-refractivity contribution is 6.01. The van der Waals surface area contributed by atoms with Crippen LogP contribution in [0.3, 0.4) is 0 Å². The molecule has 0 bridgehead atoms. The minimum atomic E-state index is -0.332. The van der Waals surface area contributed by atoms with Crippen LogP contribution in [0.2, 0.25) is 0 Å². The molecule has 5 heteroatoms. The van der Waals surface area contributed by atoms with Crippen LogP contribution in [0, 0.1) is 29.6 Å². The first-order valence-electron chi connectivity index (χ1n) is 9.34. The van der Waals surface area contributed by atoms with Crippen molar-refractivity contribution >= 4 is 12.0 Å². The monoisotopic (exact) mass is 366 g/mol. The van der Waals surface area contributed by atoms with Crippen LogP contribution in [0.5, 0.6) is 11.5 Å². The molecule has 1 aliphatic carbocycles. The van der Waals surface area contributed by atoms with Crippen LogP contribution in [0.25, 0.3) is 6.08 Å². The van der Waals surface area contributed by atoms with Gasteiger partial charge in [-0.2, -0.15) is 5.26 Å². The van der Waals surface area contributed by atoms with Gasteiger partial charge in [0, 0.05) is 6.04 Å². The molecule has 1 amide bonds. The first-order chi connectivity index (χ1) is 13.1. The number of terminal acetylenes is 1. The standard InChI is InChI=1S/C22H26N2O3/c1-4-12-27-20-11-10-17(14-21(20)26-5-2)13-18(15-23)22(25)24-19-9-7-6-8-16(19)3/h1,10-11,13-14,16,19H,5-9,12H2,2-3H3,(H,24,25)/b18-13+/t16-,19+/m0/s1. The molecule has 142 valence electrons. The van der Waals surface area contributed by atoms with E-state index in [-0.39, 0.29) is 24.1 Å². The van der Waals surface area contributed by atoms with E-state index < -0.39 is 0 Å². The van der Waals surface area contributed by atoms with Crippen molar-refractivity contribution in [2.45, 2.75) is 45.6 Å². The topological polar surface area (TPSA) is 71.3 Å². The van der Waals surface area contributed by atoms with Crippen LogP contribution < -0.4 is 14.8 Å². The van der Waals surface area contributed by atoms with Gasteiger partial charge in [0.15, 0.2) is 11.5 Å². The lowest BCUT2D eigenvalue weighted by Gasteiger charge is -2.29.